The number of ether oxygens (including phenoxy) is 1. The van der Waals surface area contributed by atoms with E-state index in [0.717, 1.165) is 71.0 Å². The maximum Gasteiger partial charge on any atom is 0.407 e. The van der Waals surface area contributed by atoms with Crippen LogP contribution in [0.15, 0.2) is 60.9 Å². The number of H-pyrrole nitrogens is 2. The Bertz CT molecular complexity index is 1920. The van der Waals surface area contributed by atoms with Gasteiger partial charge in [0, 0.05) is 20.0 Å². The van der Waals surface area contributed by atoms with Crippen LogP contribution in [0.2, 0.25) is 0 Å². The van der Waals surface area contributed by atoms with Crippen molar-refractivity contribution in [3.05, 3.63) is 72.6 Å². The molecule has 13 nitrogen and oxygen atoms in total. The molecule has 4 heterocycles. The summed E-state index contributed by atoms with van der Waals surface area (Å²) in [6.07, 6.45) is 6.32. The number of carbonyl (C=O) groups is 4. The Kier molecular flexibility index (Phi) is 11.3. The number of methoxy groups -OCH3 is 1. The van der Waals surface area contributed by atoms with Crippen LogP contribution in [-0.4, -0.2) is 85.8 Å². The number of aromatic amines is 2. The zero-order valence-electron chi connectivity index (χ0n) is 31.3. The summed E-state index contributed by atoms with van der Waals surface area (Å²) in [6.45, 7) is 10.4. The van der Waals surface area contributed by atoms with E-state index < -0.39 is 18.2 Å². The van der Waals surface area contributed by atoms with Crippen LogP contribution in [-0.2, 0) is 19.1 Å². The Morgan fingerprint density at radius 2 is 1.08 bits per heavy atom. The Balaban J connectivity index is 1.11. The van der Waals surface area contributed by atoms with E-state index in [4.69, 9.17) is 4.74 Å². The lowest BCUT2D eigenvalue weighted by Crippen LogP contribution is -2.51. The van der Waals surface area contributed by atoms with Gasteiger partial charge < -0.3 is 35.1 Å². The van der Waals surface area contributed by atoms with Gasteiger partial charge in [-0.15, -0.1) is 0 Å². The zero-order valence-corrected chi connectivity index (χ0v) is 31.3. The second-order valence-corrected chi connectivity index (χ2v) is 14.7. The van der Waals surface area contributed by atoms with Gasteiger partial charge in [-0.25, -0.2) is 14.8 Å². The van der Waals surface area contributed by atoms with E-state index in [0.29, 0.717) is 13.1 Å². The first-order chi connectivity index (χ1) is 25.4. The summed E-state index contributed by atoms with van der Waals surface area (Å²) in [4.78, 5) is 70.6. The van der Waals surface area contributed by atoms with Gasteiger partial charge in [-0.3, -0.25) is 14.4 Å². The average Bonchev–Trinajstić information content (AvgIpc) is 3.98. The molecule has 280 valence electrons. The fraction of sp³-hybridized carbons (Fsp3) is 0.450. The molecule has 4 N–H and O–H groups in total. The number of rotatable bonds is 11. The minimum Gasteiger partial charge on any atom is -0.453 e. The number of aromatic nitrogens is 4. The summed E-state index contributed by atoms with van der Waals surface area (Å²) in [7, 11) is 1.29. The van der Waals surface area contributed by atoms with Crippen molar-refractivity contribution in [1.82, 2.24) is 40.4 Å². The molecule has 0 saturated carbocycles. The molecule has 0 unspecified atom stereocenters. The first kappa shape index (κ1) is 37.3. The van der Waals surface area contributed by atoms with Crippen LogP contribution in [0, 0.1) is 11.8 Å². The van der Waals surface area contributed by atoms with Crippen molar-refractivity contribution >= 4 is 23.8 Å². The Hall–Kier alpha value is -5.46. The highest BCUT2D eigenvalue weighted by molar-refractivity contribution is 5.88. The number of imidazole rings is 2. The van der Waals surface area contributed by atoms with Crippen molar-refractivity contribution in [1.29, 1.82) is 0 Å². The molecule has 0 radical (unpaired) electrons. The third-order valence-electron chi connectivity index (χ3n) is 10.3. The summed E-state index contributed by atoms with van der Waals surface area (Å²) in [5, 5.41) is 5.52. The smallest absolute Gasteiger partial charge is 0.407 e. The second kappa shape index (κ2) is 16.1. The molecule has 4 atom stereocenters. The van der Waals surface area contributed by atoms with Crippen molar-refractivity contribution in [2.24, 2.45) is 11.8 Å². The summed E-state index contributed by atoms with van der Waals surface area (Å²) >= 11 is 0. The predicted octanol–water partition coefficient (Wildman–Crippen LogP) is 6.00. The summed E-state index contributed by atoms with van der Waals surface area (Å²) in [6, 6.07) is 14.9. The van der Waals surface area contributed by atoms with Crippen LogP contribution in [0.4, 0.5) is 4.79 Å². The molecule has 0 spiro atoms. The molecule has 13 heteroatoms. The standard InChI is InChI=1S/C40H50N8O5/c1-23(2)34(43-25(5)49)38(50)47-19-7-9-32(47)36-41-21-30(44-36)28-15-11-26(12-16-28)27-13-17-29(18-14-27)31-22-42-37(45-31)33-10-8-20-48(33)39(51)35(24(3)4)46-40(52)53-6/h11-18,21-24,32-35H,7-10,19-20H2,1-6H3,(H,41,44)(H,42,45)(H,43,49)(H,46,52)/t32-,33-,34-,35-/m0/s1. The van der Waals surface area contributed by atoms with Gasteiger partial charge in [0.2, 0.25) is 17.7 Å². The van der Waals surface area contributed by atoms with Gasteiger partial charge in [0.05, 0.1) is 43.0 Å². The lowest BCUT2D eigenvalue weighted by molar-refractivity contribution is -0.138. The topological polar surface area (TPSA) is 165 Å². The minimum atomic E-state index is -0.684. The normalized spacial score (nSPS) is 18.3. The van der Waals surface area contributed by atoms with E-state index in [-0.39, 0.29) is 41.6 Å². The van der Waals surface area contributed by atoms with Gasteiger partial charge in [-0.05, 0) is 59.8 Å². The number of nitrogens with one attached hydrogen (secondary N) is 4. The summed E-state index contributed by atoms with van der Waals surface area (Å²) < 4.78 is 4.75. The number of hydrogen-bond acceptors (Lipinski definition) is 7. The third kappa shape index (κ3) is 8.13. The van der Waals surface area contributed by atoms with Crippen LogP contribution in [0.1, 0.15) is 84.0 Å². The maximum atomic E-state index is 13.5. The van der Waals surface area contributed by atoms with Crippen LogP contribution in [0.3, 0.4) is 0 Å². The molecule has 2 saturated heterocycles. The van der Waals surface area contributed by atoms with Gasteiger partial charge in [-0.2, -0.15) is 0 Å². The largest absolute Gasteiger partial charge is 0.453 e. The number of likely N-dealkylation sites (tertiary alicyclic amines) is 2. The minimum absolute atomic E-state index is 0.0256. The molecule has 2 aromatic heterocycles. The molecule has 0 bridgehead atoms. The first-order valence-electron chi connectivity index (χ1n) is 18.5. The van der Waals surface area contributed by atoms with Crippen molar-refractivity contribution in [3.63, 3.8) is 0 Å². The fourth-order valence-corrected chi connectivity index (χ4v) is 7.41. The van der Waals surface area contributed by atoms with E-state index in [1.54, 1.807) is 6.20 Å². The van der Waals surface area contributed by atoms with Crippen LogP contribution in [0.5, 0.6) is 0 Å². The molecular formula is C40H50N8O5. The van der Waals surface area contributed by atoms with E-state index in [1.807, 2.05) is 43.7 Å². The molecule has 6 rings (SSSR count). The molecule has 0 aliphatic carbocycles. The highest BCUT2D eigenvalue weighted by Gasteiger charge is 2.38. The van der Waals surface area contributed by atoms with Crippen LogP contribution in [0.25, 0.3) is 33.6 Å². The lowest BCUT2D eigenvalue weighted by Gasteiger charge is -2.30. The molecule has 2 aromatic carbocycles. The van der Waals surface area contributed by atoms with Crippen molar-refractivity contribution < 1.29 is 23.9 Å². The van der Waals surface area contributed by atoms with Gasteiger partial charge >= 0.3 is 6.09 Å². The van der Waals surface area contributed by atoms with E-state index in [9.17, 15) is 19.2 Å². The fourth-order valence-electron chi connectivity index (χ4n) is 7.41. The van der Waals surface area contributed by atoms with E-state index >= 15 is 0 Å². The number of nitrogens with zero attached hydrogens (tertiary/aromatic N) is 4. The third-order valence-corrected chi connectivity index (χ3v) is 10.3. The molecule has 2 fully saturated rings. The SMILES string of the molecule is COC(=O)N[C@H](C(=O)N1CCC[C@H]1c1ncc(-c2ccc(-c3ccc(-c4cnc([C@@H]5CCCN5C(=O)[C@@H](NC(C)=O)C(C)C)[nH]4)cc3)cc2)[nH]1)C(C)C. The Labute approximate surface area is 310 Å². The number of alkyl carbamates (subject to hydrolysis) is 1. The summed E-state index contributed by atoms with van der Waals surface area (Å²) in [5.74, 6) is 0.928. The zero-order chi connectivity index (χ0) is 37.8. The van der Waals surface area contributed by atoms with Gasteiger partial charge in [0.25, 0.3) is 0 Å². The predicted molar refractivity (Wildman–Crippen MR) is 201 cm³/mol. The number of carbonyl (C=O) groups excluding carboxylic acids is 4. The molecule has 4 amide bonds. The maximum absolute atomic E-state index is 13.5. The van der Waals surface area contributed by atoms with Gasteiger partial charge in [0.1, 0.15) is 23.7 Å². The second-order valence-electron chi connectivity index (χ2n) is 14.7. The highest BCUT2D eigenvalue weighted by Crippen LogP contribution is 2.35. The van der Waals surface area contributed by atoms with E-state index in [2.05, 4.69) is 79.1 Å². The Morgan fingerprint density at radius 3 is 1.45 bits per heavy atom. The van der Waals surface area contributed by atoms with Gasteiger partial charge in [-0.1, -0.05) is 76.2 Å². The summed E-state index contributed by atoms with van der Waals surface area (Å²) in [5.41, 5.74) is 5.84. The van der Waals surface area contributed by atoms with Crippen molar-refractivity contribution in [3.8, 4) is 33.6 Å². The number of hydrogen-bond donors (Lipinski definition) is 4. The molecule has 2 aliphatic rings. The lowest BCUT2D eigenvalue weighted by atomic mass is 10.0. The van der Waals surface area contributed by atoms with Crippen molar-refractivity contribution in [2.45, 2.75) is 84.5 Å². The molecule has 53 heavy (non-hydrogen) atoms. The highest BCUT2D eigenvalue weighted by atomic mass is 16.5. The Morgan fingerprint density at radius 1 is 0.679 bits per heavy atom. The average molecular weight is 723 g/mol. The van der Waals surface area contributed by atoms with Gasteiger partial charge in [0.15, 0.2) is 0 Å². The number of benzene rings is 2. The van der Waals surface area contributed by atoms with Crippen molar-refractivity contribution in [2.75, 3.05) is 20.2 Å². The molecule has 4 aromatic rings. The quantitative estimate of drug-likeness (QED) is 0.147. The monoisotopic (exact) mass is 722 g/mol. The van der Waals surface area contributed by atoms with Crippen LogP contribution < -0.4 is 10.6 Å². The van der Waals surface area contributed by atoms with E-state index in [1.165, 1.54) is 14.0 Å². The molecular weight excluding hydrogens is 672 g/mol. The number of amides is 4. The first-order valence-corrected chi connectivity index (χ1v) is 18.5. The van der Waals surface area contributed by atoms with Crippen LogP contribution >= 0.6 is 0 Å². The molecule has 2 aliphatic heterocycles.